The second kappa shape index (κ2) is 7.53. The van der Waals surface area contributed by atoms with Crippen LogP contribution in [-0.2, 0) is 27.6 Å². The van der Waals surface area contributed by atoms with Crippen LogP contribution in [0.1, 0.15) is 28.7 Å². The largest absolute Gasteiger partial charge is 0.496 e. The number of oxazole rings is 1. The lowest BCUT2D eigenvalue weighted by molar-refractivity contribution is 0.00641. The molecule has 8 heteroatoms. The molecule has 0 radical (unpaired) electrons. The molecule has 2 heterocycles. The van der Waals surface area contributed by atoms with Crippen molar-refractivity contribution in [1.29, 1.82) is 0 Å². The number of sulfone groups is 1. The van der Waals surface area contributed by atoms with Crippen LogP contribution in [0.25, 0.3) is 0 Å². The number of ether oxygens (including phenoxy) is 3. The van der Waals surface area contributed by atoms with E-state index in [9.17, 15) is 8.42 Å². The number of hydrogen-bond acceptors (Lipinski definition) is 7. The molecule has 2 aromatic carbocycles. The first-order valence-electron chi connectivity index (χ1n) is 9.06. The van der Waals surface area contributed by atoms with Crippen molar-refractivity contribution >= 4 is 9.84 Å². The van der Waals surface area contributed by atoms with Gasteiger partial charge in [0.1, 0.15) is 17.6 Å². The Morgan fingerprint density at radius 3 is 2.31 bits per heavy atom. The minimum atomic E-state index is -3.79. The zero-order valence-electron chi connectivity index (χ0n) is 16.3. The SMILES string of the molecule is COc1ccc(OC)c2c1COC(c1ncc(S(=O)(=O)c3ccc(C)cc3)o1)C2. The van der Waals surface area contributed by atoms with E-state index in [2.05, 4.69) is 4.98 Å². The zero-order valence-corrected chi connectivity index (χ0v) is 17.2. The number of hydrogen-bond donors (Lipinski definition) is 0. The van der Waals surface area contributed by atoms with Crippen molar-refractivity contribution in [2.75, 3.05) is 14.2 Å². The molecule has 1 aliphatic heterocycles. The average molecular weight is 415 g/mol. The third kappa shape index (κ3) is 3.49. The summed E-state index contributed by atoms with van der Waals surface area (Å²) in [6.07, 6.45) is 1.14. The molecule has 1 atom stereocenters. The Labute approximate surface area is 169 Å². The van der Waals surface area contributed by atoms with Gasteiger partial charge < -0.3 is 18.6 Å². The van der Waals surface area contributed by atoms with Crippen molar-refractivity contribution in [2.45, 2.75) is 36.0 Å². The highest BCUT2D eigenvalue weighted by Crippen LogP contribution is 2.40. The summed E-state index contributed by atoms with van der Waals surface area (Å²) in [6, 6.07) is 10.3. The Morgan fingerprint density at radius 2 is 1.66 bits per heavy atom. The van der Waals surface area contributed by atoms with Gasteiger partial charge in [0.2, 0.25) is 20.8 Å². The van der Waals surface area contributed by atoms with E-state index in [4.69, 9.17) is 18.6 Å². The van der Waals surface area contributed by atoms with Crippen LogP contribution < -0.4 is 9.47 Å². The highest BCUT2D eigenvalue weighted by atomic mass is 32.2. The van der Waals surface area contributed by atoms with Crippen LogP contribution in [-0.4, -0.2) is 27.6 Å². The smallest absolute Gasteiger partial charge is 0.243 e. The van der Waals surface area contributed by atoms with Gasteiger partial charge in [0.15, 0.2) is 0 Å². The molecule has 0 fully saturated rings. The van der Waals surface area contributed by atoms with Crippen molar-refractivity contribution < 1.29 is 27.0 Å². The lowest BCUT2D eigenvalue weighted by atomic mass is 9.97. The van der Waals surface area contributed by atoms with E-state index in [1.54, 1.807) is 38.5 Å². The summed E-state index contributed by atoms with van der Waals surface area (Å²) < 4.78 is 48.0. The molecule has 29 heavy (non-hydrogen) atoms. The Hall–Kier alpha value is -2.84. The van der Waals surface area contributed by atoms with E-state index in [0.717, 1.165) is 16.7 Å². The summed E-state index contributed by atoms with van der Waals surface area (Å²) in [7, 11) is -0.584. The topological polar surface area (TPSA) is 87.9 Å². The van der Waals surface area contributed by atoms with Crippen molar-refractivity contribution in [3.63, 3.8) is 0 Å². The van der Waals surface area contributed by atoms with Crippen LogP contribution in [0.3, 0.4) is 0 Å². The van der Waals surface area contributed by atoms with Gasteiger partial charge in [0.25, 0.3) is 0 Å². The molecule has 4 rings (SSSR count). The van der Waals surface area contributed by atoms with Gasteiger partial charge in [-0.2, -0.15) is 0 Å². The molecule has 0 amide bonds. The first-order chi connectivity index (χ1) is 13.9. The molecule has 7 nitrogen and oxygen atoms in total. The quantitative estimate of drug-likeness (QED) is 0.628. The fraction of sp³-hybridized carbons (Fsp3) is 0.286. The van der Waals surface area contributed by atoms with Gasteiger partial charge in [-0.25, -0.2) is 13.4 Å². The normalized spacial score (nSPS) is 16.3. The number of benzene rings is 2. The number of aryl methyl sites for hydroxylation is 1. The molecule has 0 spiro atoms. The monoisotopic (exact) mass is 415 g/mol. The minimum absolute atomic E-state index is 0.159. The third-order valence-electron chi connectivity index (χ3n) is 4.98. The van der Waals surface area contributed by atoms with Gasteiger partial charge in [0, 0.05) is 17.5 Å². The van der Waals surface area contributed by atoms with Crippen molar-refractivity contribution in [3.8, 4) is 11.5 Å². The Morgan fingerprint density at radius 1 is 1.00 bits per heavy atom. The molecule has 0 bridgehead atoms. The number of methoxy groups -OCH3 is 2. The van der Waals surface area contributed by atoms with Crippen LogP contribution in [0.4, 0.5) is 0 Å². The number of fused-ring (bicyclic) bond motifs is 1. The predicted molar refractivity (Wildman–Crippen MR) is 104 cm³/mol. The zero-order chi connectivity index (χ0) is 20.6. The summed E-state index contributed by atoms with van der Waals surface area (Å²) in [4.78, 5) is 4.34. The molecule has 0 saturated heterocycles. The van der Waals surface area contributed by atoms with Crippen LogP contribution in [0.2, 0.25) is 0 Å². The number of nitrogens with zero attached hydrogens (tertiary/aromatic N) is 1. The molecular formula is C21H21NO6S. The van der Waals surface area contributed by atoms with Crippen LogP contribution in [0.15, 0.2) is 57.0 Å². The highest BCUT2D eigenvalue weighted by molar-refractivity contribution is 7.91. The van der Waals surface area contributed by atoms with Gasteiger partial charge in [-0.1, -0.05) is 17.7 Å². The van der Waals surface area contributed by atoms with Gasteiger partial charge in [-0.15, -0.1) is 0 Å². The van der Waals surface area contributed by atoms with Gasteiger partial charge in [0.05, 0.1) is 31.9 Å². The van der Waals surface area contributed by atoms with Crippen molar-refractivity contribution in [1.82, 2.24) is 4.98 Å². The van der Waals surface area contributed by atoms with Gasteiger partial charge in [-0.3, -0.25) is 0 Å². The second-order valence-corrected chi connectivity index (χ2v) is 8.65. The Balaban J connectivity index is 1.64. The minimum Gasteiger partial charge on any atom is -0.496 e. The Bertz CT molecular complexity index is 1130. The van der Waals surface area contributed by atoms with E-state index in [-0.39, 0.29) is 22.5 Å². The van der Waals surface area contributed by atoms with Gasteiger partial charge >= 0.3 is 0 Å². The summed E-state index contributed by atoms with van der Waals surface area (Å²) in [6.45, 7) is 2.17. The van der Waals surface area contributed by atoms with E-state index in [1.807, 2.05) is 19.1 Å². The third-order valence-corrected chi connectivity index (χ3v) is 6.59. The van der Waals surface area contributed by atoms with E-state index in [1.165, 1.54) is 6.20 Å². The number of rotatable bonds is 5. The first kappa shape index (κ1) is 19.5. The summed E-state index contributed by atoms with van der Waals surface area (Å²) >= 11 is 0. The van der Waals surface area contributed by atoms with Crippen LogP contribution in [0.5, 0.6) is 11.5 Å². The highest BCUT2D eigenvalue weighted by Gasteiger charge is 2.31. The standard InChI is InChI=1S/C21H21NO6S/c1-13-4-6-14(7-5-13)29(23,24)20-11-22-21(28-20)19-10-15-16(12-27-19)18(26-3)9-8-17(15)25-2/h4-9,11,19H,10,12H2,1-3H3. The molecule has 0 N–H and O–H groups in total. The maximum atomic E-state index is 12.8. The maximum Gasteiger partial charge on any atom is 0.243 e. The summed E-state index contributed by atoms with van der Waals surface area (Å²) in [5.74, 6) is 1.65. The molecule has 0 saturated carbocycles. The lowest BCUT2D eigenvalue weighted by Gasteiger charge is -2.26. The van der Waals surface area contributed by atoms with Crippen LogP contribution in [0, 0.1) is 6.92 Å². The van der Waals surface area contributed by atoms with E-state index < -0.39 is 15.9 Å². The van der Waals surface area contributed by atoms with Gasteiger partial charge in [-0.05, 0) is 31.2 Å². The first-order valence-corrected chi connectivity index (χ1v) is 10.5. The van der Waals surface area contributed by atoms with E-state index in [0.29, 0.717) is 17.9 Å². The molecule has 3 aromatic rings. The Kier molecular flexibility index (Phi) is 5.06. The number of aromatic nitrogens is 1. The fourth-order valence-electron chi connectivity index (χ4n) is 3.38. The van der Waals surface area contributed by atoms with Crippen molar-refractivity contribution in [3.05, 3.63) is 65.2 Å². The van der Waals surface area contributed by atoms with Crippen LogP contribution >= 0.6 is 0 Å². The molecule has 1 unspecified atom stereocenters. The molecule has 152 valence electrons. The molecular weight excluding hydrogens is 394 g/mol. The predicted octanol–water partition coefficient (Wildman–Crippen LogP) is 3.65. The lowest BCUT2D eigenvalue weighted by Crippen LogP contribution is -2.17. The van der Waals surface area contributed by atoms with E-state index >= 15 is 0 Å². The maximum absolute atomic E-state index is 12.8. The average Bonchev–Trinajstić information content (AvgIpc) is 3.24. The molecule has 0 aliphatic carbocycles. The fourth-order valence-corrected chi connectivity index (χ4v) is 4.49. The summed E-state index contributed by atoms with van der Waals surface area (Å²) in [5, 5.41) is -0.205. The summed E-state index contributed by atoms with van der Waals surface area (Å²) in [5.41, 5.74) is 2.81. The second-order valence-electron chi connectivity index (χ2n) is 6.76. The van der Waals surface area contributed by atoms with Crippen molar-refractivity contribution in [2.24, 2.45) is 0 Å². The molecule has 1 aromatic heterocycles. The molecule has 1 aliphatic rings.